The molecule has 0 heterocycles. The van der Waals surface area contributed by atoms with Gasteiger partial charge in [0.2, 0.25) is 0 Å². The van der Waals surface area contributed by atoms with E-state index in [-0.39, 0.29) is 10.9 Å². The van der Waals surface area contributed by atoms with Crippen LogP contribution in [0.2, 0.25) is 0 Å². The molecule has 30 heavy (non-hydrogen) atoms. The van der Waals surface area contributed by atoms with Gasteiger partial charge in [-0.3, -0.25) is 0 Å². The molecule has 2 aromatic rings. The van der Waals surface area contributed by atoms with Gasteiger partial charge in [-0.25, -0.2) is 13.2 Å². The number of carbonyl (C=O) groups is 1. The molecule has 7 nitrogen and oxygen atoms in total. The second kappa shape index (κ2) is 11.9. The highest BCUT2D eigenvalue weighted by Gasteiger charge is 2.05. The van der Waals surface area contributed by atoms with Gasteiger partial charge in [0.05, 0.1) is 29.5 Å². The number of unbranched alkanes of at least 4 members (excludes halogenated alkanes) is 3. The molecule has 2 rings (SSSR count). The number of nitrogens with zero attached hydrogens (tertiary/aromatic N) is 2. The fourth-order valence-electron chi connectivity index (χ4n) is 2.46. The van der Waals surface area contributed by atoms with E-state index in [2.05, 4.69) is 16.8 Å². The Morgan fingerprint density at radius 3 is 1.97 bits per heavy atom. The van der Waals surface area contributed by atoms with Gasteiger partial charge in [-0.2, -0.15) is 10.2 Å². The Morgan fingerprint density at radius 2 is 1.43 bits per heavy atom. The fourth-order valence-corrected chi connectivity index (χ4v) is 3.09. The van der Waals surface area contributed by atoms with E-state index >= 15 is 0 Å². The zero-order valence-corrected chi connectivity index (χ0v) is 17.8. The molecule has 0 amide bonds. The van der Waals surface area contributed by atoms with Crippen LogP contribution in [-0.2, 0) is 19.4 Å². The van der Waals surface area contributed by atoms with E-state index in [1.165, 1.54) is 18.2 Å². The number of hydrogen-bond donors (Lipinski definition) is 0. The van der Waals surface area contributed by atoms with E-state index in [0.717, 1.165) is 37.7 Å². The molecule has 0 unspecified atom stereocenters. The molecule has 0 fully saturated rings. The first-order valence-electron chi connectivity index (χ1n) is 9.62. The zero-order valence-electron chi connectivity index (χ0n) is 17.0. The number of carbonyl (C=O) groups excluding carboxylic acids is 1. The topological polar surface area (TPSA) is 94.4 Å². The molecular weight excluding hydrogens is 404 g/mol. The van der Waals surface area contributed by atoms with Crippen molar-refractivity contribution < 1.29 is 22.7 Å². The van der Waals surface area contributed by atoms with Gasteiger partial charge in [0, 0.05) is 12.3 Å². The Kier molecular flexibility index (Phi) is 9.21. The third-order valence-electron chi connectivity index (χ3n) is 4.10. The quantitative estimate of drug-likeness (QED) is 0.200. The molecule has 2 aromatic carbocycles. The molecule has 0 radical (unpaired) electrons. The molecule has 0 aromatic heterocycles. The normalized spacial score (nSPS) is 11.4. The molecular formula is C22H26N2O5S. The van der Waals surface area contributed by atoms with E-state index < -0.39 is 9.84 Å². The zero-order chi connectivity index (χ0) is 21.8. The van der Waals surface area contributed by atoms with Gasteiger partial charge in [0.25, 0.3) is 0 Å². The van der Waals surface area contributed by atoms with Gasteiger partial charge in [0.1, 0.15) is 5.75 Å². The summed E-state index contributed by atoms with van der Waals surface area (Å²) in [6.07, 6.45) is 6.04. The summed E-state index contributed by atoms with van der Waals surface area (Å²) in [7, 11) is -3.22. The molecule has 0 N–H and O–H groups in total. The molecule has 160 valence electrons. The molecule has 0 aliphatic rings. The Labute approximate surface area is 177 Å². The van der Waals surface area contributed by atoms with Gasteiger partial charge in [-0.1, -0.05) is 6.58 Å². The van der Waals surface area contributed by atoms with Crippen LogP contribution >= 0.6 is 0 Å². The summed E-state index contributed by atoms with van der Waals surface area (Å²) in [5.74, 6) is 0.373. The van der Waals surface area contributed by atoms with Crippen molar-refractivity contribution >= 4 is 27.2 Å². The van der Waals surface area contributed by atoms with Crippen molar-refractivity contribution in [1.29, 1.82) is 0 Å². The van der Waals surface area contributed by atoms with Gasteiger partial charge < -0.3 is 9.47 Å². The predicted molar refractivity (Wildman–Crippen MR) is 115 cm³/mol. The van der Waals surface area contributed by atoms with Crippen molar-refractivity contribution in [2.75, 3.05) is 19.5 Å². The Balaban J connectivity index is 1.69. The molecule has 0 aliphatic carbocycles. The minimum absolute atomic E-state index is 0.249. The number of rotatable bonds is 12. The first-order valence-corrected chi connectivity index (χ1v) is 11.5. The lowest BCUT2D eigenvalue weighted by atomic mass is 10.2. The van der Waals surface area contributed by atoms with Crippen LogP contribution in [0.3, 0.4) is 0 Å². The third-order valence-corrected chi connectivity index (χ3v) is 5.23. The molecule has 0 atom stereocenters. The van der Waals surface area contributed by atoms with E-state index in [4.69, 9.17) is 9.47 Å². The number of benzene rings is 2. The lowest BCUT2D eigenvalue weighted by molar-refractivity contribution is -0.137. The van der Waals surface area contributed by atoms with Crippen LogP contribution in [0.4, 0.5) is 11.4 Å². The number of ether oxygens (including phenoxy) is 2. The van der Waals surface area contributed by atoms with Crippen molar-refractivity contribution in [2.24, 2.45) is 10.2 Å². The van der Waals surface area contributed by atoms with Gasteiger partial charge in [-0.15, -0.1) is 0 Å². The van der Waals surface area contributed by atoms with Gasteiger partial charge >= 0.3 is 5.97 Å². The third kappa shape index (κ3) is 8.57. The summed E-state index contributed by atoms with van der Waals surface area (Å²) in [6.45, 7) is 4.38. The number of esters is 1. The summed E-state index contributed by atoms with van der Waals surface area (Å²) >= 11 is 0. The maximum absolute atomic E-state index is 11.5. The number of azo groups is 1. The first kappa shape index (κ1) is 23.3. The summed E-state index contributed by atoms with van der Waals surface area (Å²) in [4.78, 5) is 11.1. The van der Waals surface area contributed by atoms with Crippen LogP contribution < -0.4 is 4.74 Å². The summed E-state index contributed by atoms with van der Waals surface area (Å²) in [5, 5.41) is 8.25. The maximum Gasteiger partial charge on any atom is 0.330 e. The van der Waals surface area contributed by atoms with Crippen molar-refractivity contribution in [1.82, 2.24) is 0 Å². The van der Waals surface area contributed by atoms with Crippen molar-refractivity contribution in [3.05, 3.63) is 61.2 Å². The molecule has 0 saturated carbocycles. The number of hydrogen-bond acceptors (Lipinski definition) is 7. The SMILES string of the molecule is C=CC(=O)OCCCCCCOc1ccc(/N=N/c2ccc(S(C)(=O)=O)cc2)cc1. The van der Waals surface area contributed by atoms with Crippen LogP contribution in [0.5, 0.6) is 5.75 Å². The summed E-state index contributed by atoms with van der Waals surface area (Å²) in [5.41, 5.74) is 1.24. The van der Waals surface area contributed by atoms with Crippen LogP contribution in [0, 0.1) is 0 Å². The fraction of sp³-hybridized carbons (Fsp3) is 0.318. The average molecular weight is 431 g/mol. The maximum atomic E-state index is 11.5. The highest BCUT2D eigenvalue weighted by atomic mass is 32.2. The van der Waals surface area contributed by atoms with Crippen LogP contribution in [0.1, 0.15) is 25.7 Å². The largest absolute Gasteiger partial charge is 0.494 e. The van der Waals surface area contributed by atoms with Crippen LogP contribution in [0.15, 0.2) is 76.3 Å². The minimum Gasteiger partial charge on any atom is -0.494 e. The van der Waals surface area contributed by atoms with Crippen LogP contribution in [-0.4, -0.2) is 33.9 Å². The van der Waals surface area contributed by atoms with E-state index in [1.54, 1.807) is 24.3 Å². The van der Waals surface area contributed by atoms with Crippen molar-refractivity contribution in [2.45, 2.75) is 30.6 Å². The standard InChI is InChI=1S/C22H26N2O5S/c1-3-22(25)29-17-7-5-4-6-16-28-20-12-8-18(9-13-20)23-24-19-10-14-21(15-11-19)30(2,26)27/h3,8-15H,1,4-7,16-17H2,2H3/b24-23+. The lowest BCUT2D eigenvalue weighted by Gasteiger charge is -2.06. The smallest absolute Gasteiger partial charge is 0.330 e. The second-order valence-corrected chi connectivity index (χ2v) is 8.61. The Bertz CT molecular complexity index is 952. The molecule has 8 heteroatoms. The highest BCUT2D eigenvalue weighted by molar-refractivity contribution is 7.90. The lowest BCUT2D eigenvalue weighted by Crippen LogP contribution is -2.02. The Hall–Kier alpha value is -3.00. The summed E-state index contributed by atoms with van der Waals surface area (Å²) < 4.78 is 33.5. The molecule has 0 spiro atoms. The van der Waals surface area contributed by atoms with E-state index in [9.17, 15) is 13.2 Å². The molecule has 0 aliphatic heterocycles. The molecule has 0 saturated heterocycles. The van der Waals surface area contributed by atoms with Crippen LogP contribution in [0.25, 0.3) is 0 Å². The van der Waals surface area contributed by atoms with Gasteiger partial charge in [0.15, 0.2) is 9.84 Å². The van der Waals surface area contributed by atoms with Gasteiger partial charge in [-0.05, 0) is 74.2 Å². The highest BCUT2D eigenvalue weighted by Crippen LogP contribution is 2.22. The number of sulfone groups is 1. The minimum atomic E-state index is -3.22. The molecule has 0 bridgehead atoms. The average Bonchev–Trinajstić information content (AvgIpc) is 2.74. The first-order chi connectivity index (χ1) is 14.4. The van der Waals surface area contributed by atoms with Crippen molar-refractivity contribution in [3.8, 4) is 5.75 Å². The van der Waals surface area contributed by atoms with Crippen molar-refractivity contribution in [3.63, 3.8) is 0 Å². The summed E-state index contributed by atoms with van der Waals surface area (Å²) in [6, 6.07) is 13.5. The van der Waals surface area contributed by atoms with E-state index in [0.29, 0.717) is 24.6 Å². The monoisotopic (exact) mass is 430 g/mol. The predicted octanol–water partition coefficient (Wildman–Crippen LogP) is 5.17. The Morgan fingerprint density at radius 1 is 0.900 bits per heavy atom. The second-order valence-electron chi connectivity index (χ2n) is 6.59. The van der Waals surface area contributed by atoms with E-state index in [1.807, 2.05) is 12.1 Å².